The molecule has 0 aliphatic carbocycles. The van der Waals surface area contributed by atoms with Gasteiger partial charge in [0.15, 0.2) is 5.65 Å². The van der Waals surface area contributed by atoms with Gasteiger partial charge in [-0.3, -0.25) is 4.68 Å². The van der Waals surface area contributed by atoms with E-state index in [1.807, 2.05) is 49.4 Å². The Balaban J connectivity index is 1.49. The van der Waals surface area contributed by atoms with Crippen LogP contribution in [-0.2, 0) is 7.05 Å². The second kappa shape index (κ2) is 9.34. The van der Waals surface area contributed by atoms with Crippen LogP contribution in [0.4, 0.5) is 5.82 Å². The van der Waals surface area contributed by atoms with Gasteiger partial charge in [0.25, 0.3) is 0 Å². The van der Waals surface area contributed by atoms with E-state index in [1.165, 1.54) is 5.56 Å². The van der Waals surface area contributed by atoms with Crippen LogP contribution in [-0.4, -0.2) is 44.6 Å². The number of ether oxygens (including phenoxy) is 1. The molecule has 4 aromatic rings. The standard InChI is InChI=1S/C23H26N6OS/c1-15(22(31-4)18-7-5-6-8-20(18)30-3)11-24-21-10-19(26-14-27-21)16-9-17-13-28-29(2)23(17)25-12-16/h5-10,12-15,22H,11H2,1-4H3,(H,24,26,27)/t15-,22?/m1/s1. The third-order valence-corrected chi connectivity index (χ3v) is 6.58. The average molecular weight is 435 g/mol. The predicted octanol–water partition coefficient (Wildman–Crippen LogP) is 4.59. The molecule has 160 valence electrons. The molecule has 0 saturated heterocycles. The van der Waals surface area contributed by atoms with Crippen molar-refractivity contribution in [2.75, 3.05) is 25.2 Å². The van der Waals surface area contributed by atoms with E-state index < -0.39 is 0 Å². The van der Waals surface area contributed by atoms with E-state index in [2.05, 4.69) is 56.7 Å². The zero-order chi connectivity index (χ0) is 21.8. The highest BCUT2D eigenvalue weighted by Crippen LogP contribution is 2.39. The van der Waals surface area contributed by atoms with Crippen molar-refractivity contribution in [3.63, 3.8) is 0 Å². The van der Waals surface area contributed by atoms with E-state index in [1.54, 1.807) is 18.1 Å². The zero-order valence-electron chi connectivity index (χ0n) is 18.1. The van der Waals surface area contributed by atoms with Crippen molar-refractivity contribution in [1.29, 1.82) is 0 Å². The summed E-state index contributed by atoms with van der Waals surface area (Å²) in [5.41, 5.74) is 3.83. The lowest BCUT2D eigenvalue weighted by atomic mass is 9.99. The van der Waals surface area contributed by atoms with Crippen LogP contribution < -0.4 is 10.1 Å². The first kappa shape index (κ1) is 21.1. The van der Waals surface area contributed by atoms with Crippen LogP contribution in [0.3, 0.4) is 0 Å². The van der Waals surface area contributed by atoms with Crippen LogP contribution in [0.15, 0.2) is 55.1 Å². The van der Waals surface area contributed by atoms with Gasteiger partial charge in [-0.2, -0.15) is 16.9 Å². The van der Waals surface area contributed by atoms with Gasteiger partial charge < -0.3 is 10.1 Å². The molecule has 0 saturated carbocycles. The lowest BCUT2D eigenvalue weighted by Crippen LogP contribution is -2.18. The van der Waals surface area contributed by atoms with Gasteiger partial charge in [0, 0.05) is 47.6 Å². The summed E-state index contributed by atoms with van der Waals surface area (Å²) >= 11 is 1.83. The molecule has 0 aliphatic rings. The Morgan fingerprint density at radius 3 is 2.77 bits per heavy atom. The molecule has 2 atom stereocenters. The van der Waals surface area contributed by atoms with Gasteiger partial charge in [0.2, 0.25) is 0 Å². The minimum absolute atomic E-state index is 0.308. The number of para-hydroxylation sites is 1. The molecule has 1 aromatic carbocycles. The molecular weight excluding hydrogens is 408 g/mol. The number of aromatic nitrogens is 5. The molecular formula is C23H26N6OS. The van der Waals surface area contributed by atoms with Crippen molar-refractivity contribution in [2.24, 2.45) is 13.0 Å². The van der Waals surface area contributed by atoms with E-state index >= 15 is 0 Å². The molecule has 1 unspecified atom stereocenters. The second-order valence-electron chi connectivity index (χ2n) is 7.45. The lowest BCUT2D eigenvalue weighted by Gasteiger charge is -2.24. The third kappa shape index (κ3) is 4.49. The molecule has 0 bridgehead atoms. The Morgan fingerprint density at radius 1 is 1.13 bits per heavy atom. The molecule has 0 spiro atoms. The minimum atomic E-state index is 0.308. The maximum absolute atomic E-state index is 5.57. The van der Waals surface area contributed by atoms with E-state index in [-0.39, 0.29) is 0 Å². The summed E-state index contributed by atoms with van der Waals surface area (Å²) in [6.45, 7) is 3.02. The third-order valence-electron chi connectivity index (χ3n) is 5.36. The van der Waals surface area contributed by atoms with Crippen LogP contribution in [0.25, 0.3) is 22.3 Å². The number of methoxy groups -OCH3 is 1. The topological polar surface area (TPSA) is 77.8 Å². The molecule has 1 N–H and O–H groups in total. The van der Waals surface area contributed by atoms with Gasteiger partial charge in [0.05, 0.1) is 19.0 Å². The molecule has 0 fully saturated rings. The lowest BCUT2D eigenvalue weighted by molar-refractivity contribution is 0.405. The number of nitrogens with one attached hydrogen (secondary N) is 1. The second-order valence-corrected chi connectivity index (χ2v) is 8.43. The van der Waals surface area contributed by atoms with Crippen LogP contribution in [0.5, 0.6) is 5.75 Å². The summed E-state index contributed by atoms with van der Waals surface area (Å²) < 4.78 is 7.33. The zero-order valence-corrected chi connectivity index (χ0v) is 18.9. The molecule has 8 heteroatoms. The van der Waals surface area contributed by atoms with E-state index in [0.717, 1.165) is 40.4 Å². The van der Waals surface area contributed by atoms with Crippen molar-refractivity contribution in [2.45, 2.75) is 12.2 Å². The SMILES string of the molecule is COc1ccccc1C(SC)[C@H](C)CNc1cc(-c2cnc3c(cnn3C)c2)ncn1. The normalized spacial score (nSPS) is 13.2. The maximum atomic E-state index is 5.57. The summed E-state index contributed by atoms with van der Waals surface area (Å²) in [7, 11) is 3.61. The fourth-order valence-corrected chi connectivity index (χ4v) is 4.74. The van der Waals surface area contributed by atoms with Crippen LogP contribution in [0.1, 0.15) is 17.7 Å². The van der Waals surface area contributed by atoms with Crippen LogP contribution >= 0.6 is 11.8 Å². The highest BCUT2D eigenvalue weighted by Gasteiger charge is 2.21. The summed E-state index contributed by atoms with van der Waals surface area (Å²) in [6, 6.07) is 12.2. The molecule has 7 nitrogen and oxygen atoms in total. The van der Waals surface area contributed by atoms with Gasteiger partial charge >= 0.3 is 0 Å². The largest absolute Gasteiger partial charge is 0.496 e. The highest BCUT2D eigenvalue weighted by atomic mass is 32.2. The number of benzene rings is 1. The Labute approximate surface area is 186 Å². The van der Waals surface area contributed by atoms with Crippen molar-refractivity contribution < 1.29 is 4.74 Å². The summed E-state index contributed by atoms with van der Waals surface area (Å²) in [6.07, 6.45) is 7.36. The summed E-state index contributed by atoms with van der Waals surface area (Å²) in [5, 5.41) is 9.03. The van der Waals surface area contributed by atoms with Crippen LogP contribution in [0, 0.1) is 5.92 Å². The first-order valence-corrected chi connectivity index (χ1v) is 11.4. The van der Waals surface area contributed by atoms with Crippen LogP contribution in [0.2, 0.25) is 0 Å². The van der Waals surface area contributed by atoms with E-state index in [4.69, 9.17) is 4.74 Å². The molecule has 0 aliphatic heterocycles. The highest BCUT2D eigenvalue weighted by molar-refractivity contribution is 7.98. The molecule has 4 rings (SSSR count). The number of nitrogens with zero attached hydrogens (tertiary/aromatic N) is 5. The first-order chi connectivity index (χ1) is 15.1. The van der Waals surface area contributed by atoms with E-state index in [0.29, 0.717) is 11.2 Å². The first-order valence-electron chi connectivity index (χ1n) is 10.1. The van der Waals surface area contributed by atoms with Gasteiger partial charge in [0.1, 0.15) is 17.9 Å². The molecule has 0 amide bonds. The van der Waals surface area contributed by atoms with E-state index in [9.17, 15) is 0 Å². The quantitative estimate of drug-likeness (QED) is 0.435. The Hall–Kier alpha value is -3.13. The fourth-order valence-electron chi connectivity index (χ4n) is 3.74. The number of hydrogen-bond acceptors (Lipinski definition) is 7. The smallest absolute Gasteiger partial charge is 0.157 e. The monoisotopic (exact) mass is 434 g/mol. The molecule has 3 heterocycles. The Morgan fingerprint density at radius 2 is 1.97 bits per heavy atom. The molecule has 3 aromatic heterocycles. The van der Waals surface area contributed by atoms with Crippen molar-refractivity contribution in [3.05, 3.63) is 60.7 Å². The van der Waals surface area contributed by atoms with Gasteiger partial charge in [-0.05, 0) is 24.3 Å². The van der Waals surface area contributed by atoms with Crippen molar-refractivity contribution >= 4 is 28.6 Å². The minimum Gasteiger partial charge on any atom is -0.496 e. The molecule has 31 heavy (non-hydrogen) atoms. The fraction of sp³-hybridized carbons (Fsp3) is 0.304. The molecule has 0 radical (unpaired) electrons. The van der Waals surface area contributed by atoms with Gasteiger partial charge in [-0.25, -0.2) is 15.0 Å². The van der Waals surface area contributed by atoms with Crippen molar-refractivity contribution in [3.8, 4) is 17.0 Å². The van der Waals surface area contributed by atoms with Crippen molar-refractivity contribution in [1.82, 2.24) is 24.7 Å². The average Bonchev–Trinajstić information content (AvgIpc) is 3.19. The number of aryl methyl sites for hydroxylation is 1. The number of hydrogen-bond donors (Lipinski definition) is 1. The van der Waals surface area contributed by atoms with Gasteiger partial charge in [-0.1, -0.05) is 25.1 Å². The summed E-state index contributed by atoms with van der Waals surface area (Å²) in [4.78, 5) is 13.3. The number of pyridine rings is 1. The van der Waals surface area contributed by atoms with Gasteiger partial charge in [-0.15, -0.1) is 0 Å². The predicted molar refractivity (Wildman–Crippen MR) is 126 cm³/mol. The maximum Gasteiger partial charge on any atom is 0.157 e. The Bertz CT molecular complexity index is 1180. The summed E-state index contributed by atoms with van der Waals surface area (Å²) in [5.74, 6) is 2.08. The number of rotatable bonds is 8. The number of thioether (sulfide) groups is 1. The number of fused-ring (bicyclic) bond motifs is 1. The number of anilines is 1. The Kier molecular flexibility index (Phi) is 6.36.